The normalized spacial score (nSPS) is 16.5. The Hall–Kier alpha value is -1.91. The summed E-state index contributed by atoms with van der Waals surface area (Å²) in [6, 6.07) is 5.75. The van der Waals surface area contributed by atoms with Gasteiger partial charge in [-0.05, 0) is 25.0 Å². The van der Waals surface area contributed by atoms with Gasteiger partial charge in [-0.2, -0.15) is 0 Å². The molecule has 1 aromatic rings. The average Bonchev–Trinajstić information content (AvgIpc) is 2.81. The monoisotopic (exact) mass is 291 g/mol. The van der Waals surface area contributed by atoms with E-state index < -0.39 is 0 Å². The van der Waals surface area contributed by atoms with Gasteiger partial charge in [-0.3, -0.25) is 0 Å². The van der Waals surface area contributed by atoms with Gasteiger partial charge in [-0.15, -0.1) is 0 Å². The predicted molar refractivity (Wildman–Crippen MR) is 84.9 cm³/mol. The topological polar surface area (TPSA) is 60.1 Å². The van der Waals surface area contributed by atoms with Crippen molar-refractivity contribution < 1.29 is 9.47 Å². The first kappa shape index (κ1) is 15.5. The van der Waals surface area contributed by atoms with Crippen LogP contribution in [0.3, 0.4) is 0 Å². The van der Waals surface area contributed by atoms with E-state index in [0.29, 0.717) is 12.5 Å². The molecule has 5 heteroatoms. The van der Waals surface area contributed by atoms with Gasteiger partial charge in [0.1, 0.15) is 11.5 Å². The van der Waals surface area contributed by atoms with Gasteiger partial charge < -0.3 is 20.1 Å². The Balaban J connectivity index is 2.04. The smallest absolute Gasteiger partial charge is 0.191 e. The minimum absolute atomic E-state index is 0.523. The van der Waals surface area contributed by atoms with E-state index in [1.165, 1.54) is 25.7 Å². The van der Waals surface area contributed by atoms with Crippen LogP contribution in [0.5, 0.6) is 11.5 Å². The summed E-state index contributed by atoms with van der Waals surface area (Å²) in [5.41, 5.74) is 7.13. The van der Waals surface area contributed by atoms with E-state index in [2.05, 4.69) is 9.89 Å². The first-order chi connectivity index (χ1) is 10.2. The maximum Gasteiger partial charge on any atom is 0.191 e. The Morgan fingerprint density at radius 3 is 2.48 bits per heavy atom. The molecule has 0 radical (unpaired) electrons. The van der Waals surface area contributed by atoms with Crippen molar-refractivity contribution in [2.75, 3.05) is 27.3 Å². The zero-order valence-corrected chi connectivity index (χ0v) is 13.0. The molecule has 21 heavy (non-hydrogen) atoms. The Morgan fingerprint density at radius 2 is 1.86 bits per heavy atom. The number of guanidine groups is 1. The second kappa shape index (κ2) is 7.76. The summed E-state index contributed by atoms with van der Waals surface area (Å²) in [5.74, 6) is 2.19. The molecule has 2 rings (SSSR count). The lowest BCUT2D eigenvalue weighted by atomic mass is 10.2. The summed E-state index contributed by atoms with van der Waals surface area (Å²) in [6.45, 7) is 2.54. The molecule has 0 bridgehead atoms. The molecule has 0 unspecified atom stereocenters. The molecule has 0 saturated carbocycles. The minimum atomic E-state index is 0.523. The molecule has 1 aromatic carbocycles. The molecule has 1 heterocycles. The maximum atomic E-state index is 6.12. The van der Waals surface area contributed by atoms with Gasteiger partial charge >= 0.3 is 0 Å². The van der Waals surface area contributed by atoms with Crippen LogP contribution < -0.4 is 15.2 Å². The molecule has 1 aliphatic rings. The first-order valence-electron chi connectivity index (χ1n) is 7.50. The van der Waals surface area contributed by atoms with Crippen molar-refractivity contribution in [2.24, 2.45) is 10.7 Å². The molecule has 2 N–H and O–H groups in total. The number of rotatable bonds is 4. The second-order valence-corrected chi connectivity index (χ2v) is 5.25. The molecule has 1 saturated heterocycles. The van der Waals surface area contributed by atoms with Gasteiger partial charge in [0.05, 0.1) is 20.8 Å². The van der Waals surface area contributed by atoms with E-state index in [-0.39, 0.29) is 0 Å². The quantitative estimate of drug-likeness (QED) is 0.683. The number of methoxy groups -OCH3 is 2. The zero-order valence-electron chi connectivity index (χ0n) is 13.0. The van der Waals surface area contributed by atoms with Crippen LogP contribution in [-0.2, 0) is 6.54 Å². The van der Waals surface area contributed by atoms with E-state index in [1.807, 2.05) is 18.2 Å². The molecule has 0 aliphatic carbocycles. The molecule has 1 fully saturated rings. The third-order valence-electron chi connectivity index (χ3n) is 3.84. The summed E-state index contributed by atoms with van der Waals surface area (Å²) in [6.07, 6.45) is 4.97. The van der Waals surface area contributed by atoms with Crippen molar-refractivity contribution in [1.29, 1.82) is 0 Å². The van der Waals surface area contributed by atoms with Crippen molar-refractivity contribution in [1.82, 2.24) is 4.90 Å². The lowest BCUT2D eigenvalue weighted by molar-refractivity contribution is 0.391. The van der Waals surface area contributed by atoms with E-state index in [1.54, 1.807) is 14.2 Å². The number of nitrogens with two attached hydrogens (primary N) is 1. The number of nitrogens with zero attached hydrogens (tertiary/aromatic N) is 2. The van der Waals surface area contributed by atoms with Gasteiger partial charge in [-0.25, -0.2) is 4.99 Å². The fraction of sp³-hybridized carbons (Fsp3) is 0.562. The fourth-order valence-corrected chi connectivity index (χ4v) is 2.55. The maximum absolute atomic E-state index is 6.12. The number of aliphatic imine (C=N–C) groups is 1. The van der Waals surface area contributed by atoms with Crippen LogP contribution >= 0.6 is 0 Å². The van der Waals surface area contributed by atoms with Gasteiger partial charge in [0.2, 0.25) is 0 Å². The van der Waals surface area contributed by atoms with E-state index in [4.69, 9.17) is 15.2 Å². The highest BCUT2D eigenvalue weighted by Crippen LogP contribution is 2.25. The minimum Gasteiger partial charge on any atom is -0.497 e. The van der Waals surface area contributed by atoms with Crippen LogP contribution in [0.4, 0.5) is 0 Å². The number of likely N-dealkylation sites (tertiary alicyclic amines) is 1. The third-order valence-corrected chi connectivity index (χ3v) is 3.84. The SMILES string of the molecule is COc1ccc(CN=C(N)N2CCCCCC2)c(OC)c1. The molecular formula is C16H25N3O2. The average molecular weight is 291 g/mol. The summed E-state index contributed by atoms with van der Waals surface area (Å²) in [7, 11) is 3.30. The van der Waals surface area contributed by atoms with Crippen LogP contribution in [0.25, 0.3) is 0 Å². The number of hydrogen-bond donors (Lipinski definition) is 1. The molecule has 0 amide bonds. The van der Waals surface area contributed by atoms with Gasteiger partial charge in [0, 0.05) is 24.7 Å². The van der Waals surface area contributed by atoms with Crippen LogP contribution in [0.2, 0.25) is 0 Å². The highest BCUT2D eigenvalue weighted by atomic mass is 16.5. The van der Waals surface area contributed by atoms with Crippen molar-refractivity contribution in [3.05, 3.63) is 23.8 Å². The Labute approximate surface area is 126 Å². The summed E-state index contributed by atoms with van der Waals surface area (Å²) < 4.78 is 10.6. The predicted octanol–water partition coefficient (Wildman–Crippen LogP) is 2.39. The Kier molecular flexibility index (Phi) is 5.72. The van der Waals surface area contributed by atoms with Crippen molar-refractivity contribution in [3.8, 4) is 11.5 Å². The molecular weight excluding hydrogens is 266 g/mol. The van der Waals surface area contributed by atoms with Crippen molar-refractivity contribution in [3.63, 3.8) is 0 Å². The second-order valence-electron chi connectivity index (χ2n) is 5.25. The van der Waals surface area contributed by atoms with Crippen molar-refractivity contribution >= 4 is 5.96 Å². The van der Waals surface area contributed by atoms with Gasteiger partial charge in [0.25, 0.3) is 0 Å². The molecule has 0 spiro atoms. The largest absolute Gasteiger partial charge is 0.497 e. The molecule has 0 atom stereocenters. The number of ether oxygens (including phenoxy) is 2. The summed E-state index contributed by atoms with van der Waals surface area (Å²) in [4.78, 5) is 6.71. The highest BCUT2D eigenvalue weighted by Gasteiger charge is 2.11. The molecule has 5 nitrogen and oxygen atoms in total. The van der Waals surface area contributed by atoms with Crippen LogP contribution in [0.1, 0.15) is 31.2 Å². The van der Waals surface area contributed by atoms with Gasteiger partial charge in [-0.1, -0.05) is 12.8 Å². The summed E-state index contributed by atoms with van der Waals surface area (Å²) in [5, 5.41) is 0. The van der Waals surface area contributed by atoms with E-state index >= 15 is 0 Å². The lowest BCUT2D eigenvalue weighted by Gasteiger charge is -2.21. The van der Waals surface area contributed by atoms with E-state index in [0.717, 1.165) is 30.2 Å². The van der Waals surface area contributed by atoms with E-state index in [9.17, 15) is 0 Å². The first-order valence-corrected chi connectivity index (χ1v) is 7.50. The highest BCUT2D eigenvalue weighted by molar-refractivity contribution is 5.78. The molecule has 116 valence electrons. The standard InChI is InChI=1S/C16H25N3O2/c1-20-14-8-7-13(15(11-14)21-2)12-18-16(17)19-9-5-3-4-6-10-19/h7-8,11H,3-6,9-10,12H2,1-2H3,(H2,17,18). The van der Waals surface area contributed by atoms with Crippen LogP contribution in [-0.4, -0.2) is 38.2 Å². The molecule has 0 aromatic heterocycles. The van der Waals surface area contributed by atoms with Crippen molar-refractivity contribution in [2.45, 2.75) is 32.2 Å². The summed E-state index contributed by atoms with van der Waals surface area (Å²) >= 11 is 0. The Bertz CT molecular complexity index is 480. The van der Waals surface area contributed by atoms with Crippen LogP contribution in [0, 0.1) is 0 Å². The number of hydrogen-bond acceptors (Lipinski definition) is 3. The fourth-order valence-electron chi connectivity index (χ4n) is 2.55. The third kappa shape index (κ3) is 4.28. The van der Waals surface area contributed by atoms with Gasteiger partial charge in [0.15, 0.2) is 5.96 Å². The molecule has 1 aliphatic heterocycles. The lowest BCUT2D eigenvalue weighted by Crippen LogP contribution is -2.38. The van der Waals surface area contributed by atoms with Crippen LogP contribution in [0.15, 0.2) is 23.2 Å². The Morgan fingerprint density at radius 1 is 1.14 bits per heavy atom. The number of benzene rings is 1. The zero-order chi connectivity index (χ0) is 15.1.